The van der Waals surface area contributed by atoms with Gasteiger partial charge >= 0.3 is 0 Å². The molecule has 3 N–H and O–H groups in total. The molecule has 0 saturated carbocycles. The van der Waals surface area contributed by atoms with E-state index in [-0.39, 0.29) is 5.41 Å². The molecule has 0 aliphatic carbocycles. The van der Waals surface area contributed by atoms with Crippen molar-refractivity contribution in [1.29, 1.82) is 0 Å². The average molecular weight is 267 g/mol. The molecule has 0 saturated heterocycles. The van der Waals surface area contributed by atoms with Crippen molar-refractivity contribution in [3.8, 4) is 0 Å². The van der Waals surface area contributed by atoms with Crippen molar-refractivity contribution in [2.24, 2.45) is 0 Å². The SMILES string of the molecule is CC(C)(C)c1[nH]c2ccc(N)cc2c1Br. The third-order valence-corrected chi connectivity index (χ3v) is 3.33. The Balaban J connectivity index is 2.76. The molecule has 2 nitrogen and oxygen atoms in total. The van der Waals surface area contributed by atoms with Crippen LogP contribution < -0.4 is 5.73 Å². The zero-order chi connectivity index (χ0) is 11.2. The topological polar surface area (TPSA) is 41.8 Å². The fourth-order valence-corrected chi connectivity index (χ4v) is 2.72. The second-order valence-corrected chi connectivity index (χ2v) is 5.66. The molecule has 0 bridgehead atoms. The van der Waals surface area contributed by atoms with Gasteiger partial charge in [0.1, 0.15) is 0 Å². The summed E-state index contributed by atoms with van der Waals surface area (Å²) in [5, 5.41) is 1.15. The van der Waals surface area contributed by atoms with Crippen LogP contribution in [-0.2, 0) is 5.41 Å². The molecule has 0 spiro atoms. The van der Waals surface area contributed by atoms with E-state index >= 15 is 0 Å². The van der Waals surface area contributed by atoms with Gasteiger partial charge in [0.25, 0.3) is 0 Å². The Morgan fingerprint density at radius 3 is 2.53 bits per heavy atom. The van der Waals surface area contributed by atoms with E-state index in [0.717, 1.165) is 21.1 Å². The normalized spacial score (nSPS) is 12.3. The number of benzene rings is 1. The van der Waals surface area contributed by atoms with E-state index in [1.807, 2.05) is 18.2 Å². The van der Waals surface area contributed by atoms with Crippen LogP contribution in [0.3, 0.4) is 0 Å². The van der Waals surface area contributed by atoms with Crippen LogP contribution in [0.1, 0.15) is 26.5 Å². The summed E-state index contributed by atoms with van der Waals surface area (Å²) < 4.78 is 1.12. The zero-order valence-electron chi connectivity index (χ0n) is 9.19. The van der Waals surface area contributed by atoms with Crippen LogP contribution in [-0.4, -0.2) is 4.98 Å². The Bertz CT molecular complexity index is 506. The third kappa shape index (κ3) is 1.76. The van der Waals surface area contributed by atoms with Crippen molar-refractivity contribution >= 4 is 32.5 Å². The quantitative estimate of drug-likeness (QED) is 0.700. The molecule has 2 aromatic rings. The highest BCUT2D eigenvalue weighted by atomic mass is 79.9. The number of aromatic nitrogens is 1. The van der Waals surface area contributed by atoms with Gasteiger partial charge in [0.2, 0.25) is 0 Å². The first kappa shape index (κ1) is 10.6. The van der Waals surface area contributed by atoms with E-state index < -0.39 is 0 Å². The van der Waals surface area contributed by atoms with Crippen LogP contribution in [0.4, 0.5) is 5.69 Å². The van der Waals surface area contributed by atoms with Crippen molar-refractivity contribution in [2.45, 2.75) is 26.2 Å². The number of hydrogen-bond acceptors (Lipinski definition) is 1. The monoisotopic (exact) mass is 266 g/mol. The van der Waals surface area contributed by atoms with Gasteiger partial charge in [-0.3, -0.25) is 0 Å². The fourth-order valence-electron chi connectivity index (χ4n) is 1.69. The maximum absolute atomic E-state index is 5.78. The predicted octanol–water partition coefficient (Wildman–Crippen LogP) is 3.81. The molecular weight excluding hydrogens is 252 g/mol. The van der Waals surface area contributed by atoms with Gasteiger partial charge in [-0.2, -0.15) is 0 Å². The summed E-state index contributed by atoms with van der Waals surface area (Å²) in [6, 6.07) is 5.92. The van der Waals surface area contributed by atoms with Crippen LogP contribution >= 0.6 is 15.9 Å². The molecule has 80 valence electrons. The molecule has 0 unspecified atom stereocenters. The predicted molar refractivity (Wildman–Crippen MR) is 69.1 cm³/mol. The summed E-state index contributed by atoms with van der Waals surface area (Å²) in [5.41, 5.74) is 9.01. The van der Waals surface area contributed by atoms with Crippen LogP contribution in [0.5, 0.6) is 0 Å². The van der Waals surface area contributed by atoms with E-state index in [1.54, 1.807) is 0 Å². The highest BCUT2D eigenvalue weighted by Crippen LogP contribution is 2.35. The number of nitrogens with one attached hydrogen (secondary N) is 1. The van der Waals surface area contributed by atoms with E-state index in [0.29, 0.717) is 0 Å². The smallest absolute Gasteiger partial charge is 0.0469 e. The molecule has 0 aliphatic heterocycles. The molecule has 3 heteroatoms. The first-order chi connectivity index (χ1) is 6.89. The number of rotatable bonds is 0. The van der Waals surface area contributed by atoms with E-state index in [1.165, 1.54) is 5.69 Å². The Morgan fingerprint density at radius 2 is 1.93 bits per heavy atom. The highest BCUT2D eigenvalue weighted by Gasteiger charge is 2.21. The number of H-pyrrole nitrogens is 1. The summed E-state index contributed by atoms with van der Waals surface area (Å²) in [4.78, 5) is 3.43. The average Bonchev–Trinajstić information content (AvgIpc) is 2.43. The third-order valence-electron chi connectivity index (χ3n) is 2.51. The van der Waals surface area contributed by atoms with Gasteiger partial charge in [0.15, 0.2) is 0 Å². The van der Waals surface area contributed by atoms with E-state index in [2.05, 4.69) is 41.7 Å². The largest absolute Gasteiger partial charge is 0.399 e. The molecule has 1 aromatic heterocycles. The van der Waals surface area contributed by atoms with E-state index in [4.69, 9.17) is 5.73 Å². The van der Waals surface area contributed by atoms with Crippen molar-refractivity contribution in [3.63, 3.8) is 0 Å². The maximum Gasteiger partial charge on any atom is 0.0469 e. The lowest BCUT2D eigenvalue weighted by molar-refractivity contribution is 0.571. The lowest BCUT2D eigenvalue weighted by Crippen LogP contribution is -2.12. The number of nitrogens with two attached hydrogens (primary N) is 1. The first-order valence-electron chi connectivity index (χ1n) is 4.97. The van der Waals surface area contributed by atoms with Gasteiger partial charge in [-0.1, -0.05) is 20.8 Å². The minimum Gasteiger partial charge on any atom is -0.399 e. The molecule has 0 radical (unpaired) electrons. The lowest BCUT2D eigenvalue weighted by Gasteiger charge is -2.17. The Hall–Kier alpha value is -0.960. The fraction of sp³-hybridized carbons (Fsp3) is 0.333. The van der Waals surface area contributed by atoms with Crippen molar-refractivity contribution in [3.05, 3.63) is 28.4 Å². The van der Waals surface area contributed by atoms with Gasteiger partial charge in [0.05, 0.1) is 0 Å². The van der Waals surface area contributed by atoms with Crippen LogP contribution in [0.25, 0.3) is 10.9 Å². The Morgan fingerprint density at radius 1 is 1.27 bits per heavy atom. The van der Waals surface area contributed by atoms with Crippen LogP contribution in [0.2, 0.25) is 0 Å². The first-order valence-corrected chi connectivity index (χ1v) is 5.76. The van der Waals surface area contributed by atoms with Crippen molar-refractivity contribution in [1.82, 2.24) is 4.98 Å². The van der Waals surface area contributed by atoms with Crippen LogP contribution in [0.15, 0.2) is 22.7 Å². The Labute approximate surface area is 98.0 Å². The summed E-state index contributed by atoms with van der Waals surface area (Å²) >= 11 is 3.63. The number of fused-ring (bicyclic) bond motifs is 1. The van der Waals surface area contributed by atoms with Gasteiger partial charge in [-0.15, -0.1) is 0 Å². The van der Waals surface area contributed by atoms with Crippen molar-refractivity contribution in [2.75, 3.05) is 5.73 Å². The number of nitrogen functional groups attached to an aromatic ring is 1. The van der Waals surface area contributed by atoms with Crippen molar-refractivity contribution < 1.29 is 0 Å². The molecule has 15 heavy (non-hydrogen) atoms. The molecule has 1 aromatic carbocycles. The number of halogens is 1. The standard InChI is InChI=1S/C12H15BrN2/c1-12(2,3)11-10(13)8-6-7(14)4-5-9(8)15-11/h4-6,15H,14H2,1-3H3. The van der Waals surface area contributed by atoms with Crippen LogP contribution in [0, 0.1) is 0 Å². The molecule has 0 fully saturated rings. The van der Waals surface area contributed by atoms with Gasteiger partial charge in [-0.05, 0) is 34.1 Å². The minimum absolute atomic E-state index is 0.104. The second kappa shape index (κ2) is 3.27. The van der Waals surface area contributed by atoms with Gasteiger partial charge in [0, 0.05) is 32.2 Å². The van der Waals surface area contributed by atoms with Gasteiger partial charge < -0.3 is 10.7 Å². The molecule has 0 amide bonds. The van der Waals surface area contributed by atoms with E-state index in [9.17, 15) is 0 Å². The second-order valence-electron chi connectivity index (χ2n) is 4.87. The molecule has 0 atom stereocenters. The zero-order valence-corrected chi connectivity index (χ0v) is 10.8. The minimum atomic E-state index is 0.104. The Kier molecular flexibility index (Phi) is 2.30. The molecule has 2 rings (SSSR count). The summed E-state index contributed by atoms with van der Waals surface area (Å²) in [5.74, 6) is 0. The van der Waals surface area contributed by atoms with Gasteiger partial charge in [-0.25, -0.2) is 0 Å². The lowest BCUT2D eigenvalue weighted by atomic mass is 9.92. The molecule has 0 aliphatic rings. The summed E-state index contributed by atoms with van der Waals surface area (Å²) in [6.07, 6.45) is 0. The molecular formula is C12H15BrN2. The number of anilines is 1. The maximum atomic E-state index is 5.78. The highest BCUT2D eigenvalue weighted by molar-refractivity contribution is 9.10. The molecule has 1 heterocycles. The number of aromatic amines is 1. The number of hydrogen-bond donors (Lipinski definition) is 2. The summed E-state index contributed by atoms with van der Waals surface area (Å²) in [7, 11) is 0. The summed E-state index contributed by atoms with van der Waals surface area (Å²) in [6.45, 7) is 6.56.